The third-order valence-electron chi connectivity index (χ3n) is 3.86. The molecule has 0 aliphatic heterocycles. The first-order chi connectivity index (χ1) is 17.4. The van der Waals surface area contributed by atoms with Gasteiger partial charge in [-0.05, 0) is 66.3 Å². The van der Waals surface area contributed by atoms with Crippen molar-refractivity contribution in [1.29, 1.82) is 0 Å². The molecular formula is C22H34CdCl2N6O8. The molecule has 216 valence electrons. The predicted molar refractivity (Wildman–Crippen MR) is 120 cm³/mol. The van der Waals surface area contributed by atoms with Crippen molar-refractivity contribution in [3.8, 4) is 0 Å². The van der Waals surface area contributed by atoms with E-state index in [2.05, 4.69) is 29.8 Å². The molecular weight excluding hydrogens is 660 g/mol. The molecule has 0 fully saturated rings. The third kappa shape index (κ3) is 36.7. The maximum absolute atomic E-state index is 8.49. The number of rotatable bonds is 8. The minimum Gasteiger partial charge on any atom is -0.308 e. The van der Waals surface area contributed by atoms with Crippen molar-refractivity contribution in [3.05, 3.63) is 60.2 Å². The van der Waals surface area contributed by atoms with Crippen LogP contribution in [0.25, 0.3) is 0 Å². The van der Waals surface area contributed by atoms with Gasteiger partial charge < -0.3 is 9.80 Å². The second-order valence-electron chi connectivity index (χ2n) is 7.73. The summed E-state index contributed by atoms with van der Waals surface area (Å²) < 4.78 is 67.9. The van der Waals surface area contributed by atoms with E-state index >= 15 is 0 Å². The van der Waals surface area contributed by atoms with Crippen molar-refractivity contribution in [2.45, 2.75) is 13.8 Å². The van der Waals surface area contributed by atoms with E-state index in [0.717, 1.165) is 49.0 Å². The first kappa shape index (κ1) is 42.2. The van der Waals surface area contributed by atoms with Crippen LogP contribution in [-0.4, -0.2) is 85.6 Å². The third-order valence-corrected chi connectivity index (χ3v) is 3.86. The van der Waals surface area contributed by atoms with Crippen LogP contribution in [0.15, 0.2) is 58.8 Å². The Morgan fingerprint density at radius 2 is 0.923 bits per heavy atom. The van der Waals surface area contributed by atoms with Gasteiger partial charge in [0.05, 0.1) is 35.9 Å². The summed E-state index contributed by atoms with van der Waals surface area (Å²) in [5, 5.41) is 0. The topological polar surface area (TPSA) is 241 Å². The summed E-state index contributed by atoms with van der Waals surface area (Å²) in [6.45, 7) is 7.61. The monoisotopic (exact) mass is 694 g/mol. The van der Waals surface area contributed by atoms with Crippen molar-refractivity contribution < 1.29 is 85.1 Å². The van der Waals surface area contributed by atoms with E-state index in [1.165, 1.54) is 0 Å². The van der Waals surface area contributed by atoms with Crippen LogP contribution in [-0.2, 0) is 27.3 Å². The van der Waals surface area contributed by atoms with Gasteiger partial charge in [-0.1, -0.05) is 12.1 Å². The molecule has 2 rings (SSSR count). The fourth-order valence-corrected chi connectivity index (χ4v) is 2.15. The van der Waals surface area contributed by atoms with Crippen LogP contribution in [0.3, 0.4) is 0 Å². The molecule has 0 radical (unpaired) electrons. The van der Waals surface area contributed by atoms with Crippen LogP contribution >= 0.6 is 0 Å². The Hall–Kier alpha value is -1.26. The number of aliphatic imine (C=N–C) groups is 2. The molecule has 39 heavy (non-hydrogen) atoms. The molecule has 17 heteroatoms. The van der Waals surface area contributed by atoms with Gasteiger partial charge in [-0.25, -0.2) is 37.3 Å². The van der Waals surface area contributed by atoms with Crippen LogP contribution in [0.2, 0.25) is 0 Å². The quantitative estimate of drug-likeness (QED) is 0.185. The van der Waals surface area contributed by atoms with E-state index in [4.69, 9.17) is 37.3 Å². The molecule has 14 nitrogen and oxygen atoms in total. The Bertz CT molecular complexity index is 829. The Morgan fingerprint density at radius 1 is 0.641 bits per heavy atom. The number of likely N-dealkylation sites (N-methyl/N-ethyl adjacent to an activating group) is 2. The van der Waals surface area contributed by atoms with Crippen LogP contribution < -0.4 is 37.3 Å². The molecule has 2 aromatic heterocycles. The molecule has 2 aromatic rings. The molecule has 0 unspecified atom stereocenters. The second kappa shape index (κ2) is 23.4. The number of hydrogen-bond donors (Lipinski definition) is 0. The van der Waals surface area contributed by atoms with Gasteiger partial charge in [-0.2, -0.15) is 0 Å². The largest absolute Gasteiger partial charge is 2.00 e. The average molecular weight is 694 g/mol. The van der Waals surface area contributed by atoms with Crippen LogP contribution in [0.4, 0.5) is 0 Å². The van der Waals surface area contributed by atoms with Crippen molar-refractivity contribution in [1.82, 2.24) is 19.8 Å². The number of nitrogens with zero attached hydrogens (tertiary/aromatic N) is 6. The van der Waals surface area contributed by atoms with Gasteiger partial charge in [-0.15, -0.1) is 20.5 Å². The van der Waals surface area contributed by atoms with Crippen LogP contribution in [0.5, 0.6) is 0 Å². The van der Waals surface area contributed by atoms with E-state index in [1.807, 2.05) is 78.4 Å². The molecule has 0 bridgehead atoms. The Balaban J connectivity index is -0.000000488. The fourth-order valence-electron chi connectivity index (χ4n) is 2.15. The van der Waals surface area contributed by atoms with Gasteiger partial charge in [0.15, 0.2) is 0 Å². The zero-order valence-corrected chi connectivity index (χ0v) is 28.4. The number of pyridine rings is 2. The molecule has 0 aliphatic rings. The minimum absolute atomic E-state index is 0. The SMILES string of the molecule is CC(=NCCN(C)C)c1ccccn1.CC(=NCCN(C)C)c1ccccn1.[Cd+2].[O-][Cl+3]([O-])([O-])[O-].[O-][Cl+3]([O-])([O-])[O-]. The zero-order valence-electron chi connectivity index (χ0n) is 22.9. The first-order valence-electron chi connectivity index (χ1n) is 10.8. The number of halogens is 2. The van der Waals surface area contributed by atoms with E-state index in [0.29, 0.717) is 0 Å². The molecule has 0 aromatic carbocycles. The van der Waals surface area contributed by atoms with Crippen molar-refractivity contribution in [2.24, 2.45) is 9.98 Å². The van der Waals surface area contributed by atoms with Crippen molar-refractivity contribution >= 4 is 11.4 Å². The van der Waals surface area contributed by atoms with E-state index < -0.39 is 20.5 Å². The smallest absolute Gasteiger partial charge is 0.308 e. The van der Waals surface area contributed by atoms with Crippen molar-refractivity contribution in [3.63, 3.8) is 0 Å². The molecule has 0 N–H and O–H groups in total. The van der Waals surface area contributed by atoms with Crippen LogP contribution in [0.1, 0.15) is 25.2 Å². The van der Waals surface area contributed by atoms with Gasteiger partial charge in [0.2, 0.25) is 0 Å². The van der Waals surface area contributed by atoms with Gasteiger partial charge in [-0.3, -0.25) is 20.0 Å². The summed E-state index contributed by atoms with van der Waals surface area (Å²) in [5.74, 6) is 0. The molecule has 0 amide bonds. The summed E-state index contributed by atoms with van der Waals surface area (Å²) in [7, 11) is -1.70. The Kier molecular flexibility index (Phi) is 25.4. The van der Waals surface area contributed by atoms with Crippen molar-refractivity contribution in [2.75, 3.05) is 54.4 Å². The number of hydrogen-bond acceptors (Lipinski definition) is 14. The second-order valence-corrected chi connectivity index (χ2v) is 9.24. The summed E-state index contributed by atoms with van der Waals surface area (Å²) in [6, 6.07) is 11.7. The minimum atomic E-state index is -4.94. The van der Waals surface area contributed by atoms with E-state index in [-0.39, 0.29) is 27.3 Å². The summed E-state index contributed by atoms with van der Waals surface area (Å²) in [4.78, 5) is 21.6. The average Bonchev–Trinajstić information content (AvgIpc) is 2.78. The molecule has 0 aliphatic carbocycles. The Morgan fingerprint density at radius 3 is 1.13 bits per heavy atom. The molecule has 2 heterocycles. The van der Waals surface area contributed by atoms with E-state index in [9.17, 15) is 0 Å². The molecule has 0 saturated carbocycles. The normalized spacial score (nSPS) is 11.8. The Labute approximate surface area is 253 Å². The standard InChI is InChI=1S/2C11H17N3.Cd.2ClHO4/c2*1-10(12-8-9-14(2)3)11-6-4-5-7-13-11;;2*2-1(3,4)5/h2*4-7H,8-9H2,1-3H3;;2*(H,2,3,4,5)/q;;+2;;/p-2. The fraction of sp³-hybridized carbons (Fsp3) is 0.455. The summed E-state index contributed by atoms with van der Waals surface area (Å²) in [6.07, 6.45) is 3.58. The maximum Gasteiger partial charge on any atom is 2.00 e. The summed E-state index contributed by atoms with van der Waals surface area (Å²) in [5.41, 5.74) is 3.94. The van der Waals surface area contributed by atoms with Gasteiger partial charge >= 0.3 is 27.3 Å². The van der Waals surface area contributed by atoms with Gasteiger partial charge in [0.1, 0.15) is 0 Å². The molecule has 0 spiro atoms. The molecule has 0 atom stereocenters. The predicted octanol–water partition coefficient (Wildman–Crippen LogP) is -6.61. The van der Waals surface area contributed by atoms with Crippen LogP contribution in [0, 0.1) is 20.5 Å². The summed E-state index contributed by atoms with van der Waals surface area (Å²) >= 11 is 0. The van der Waals surface area contributed by atoms with Gasteiger partial charge in [0.25, 0.3) is 0 Å². The number of aromatic nitrogens is 2. The molecule has 0 saturated heterocycles. The van der Waals surface area contributed by atoms with Gasteiger partial charge in [0, 0.05) is 25.5 Å². The maximum atomic E-state index is 8.49. The first-order valence-corrected chi connectivity index (χ1v) is 13.2. The van der Waals surface area contributed by atoms with E-state index in [1.54, 1.807) is 12.4 Å². The zero-order chi connectivity index (χ0) is 29.8.